The number of rotatable bonds is 21. The Bertz CT molecular complexity index is 1340. The highest BCUT2D eigenvalue weighted by atomic mass is 19.1. The summed E-state index contributed by atoms with van der Waals surface area (Å²) >= 11 is 0. The minimum absolute atomic E-state index is 0.103. The number of carboxylic acids is 1. The van der Waals surface area contributed by atoms with Gasteiger partial charge < -0.3 is 67.7 Å². The Hall–Kier alpha value is -3.98. The van der Waals surface area contributed by atoms with E-state index >= 15 is 0 Å². The van der Waals surface area contributed by atoms with E-state index in [0.717, 1.165) is 12.8 Å². The number of anilines is 1. The summed E-state index contributed by atoms with van der Waals surface area (Å²) in [6, 6.07) is 1.72. The molecule has 19 heteroatoms. The molecule has 294 valence electrons. The molecule has 1 aliphatic rings. The van der Waals surface area contributed by atoms with Crippen LogP contribution in [0.1, 0.15) is 64.9 Å². The molecular weight excluding hydrogens is 691 g/mol. The fourth-order valence-electron chi connectivity index (χ4n) is 5.50. The molecule has 0 aromatic heterocycles. The molecule has 0 bridgehead atoms. The number of unbranched alkanes of at least 4 members (excludes halogenated alkanes) is 2. The molecule has 2 rings (SSSR count). The lowest BCUT2D eigenvalue weighted by Crippen LogP contribution is -2.72. The predicted octanol–water partition coefficient (Wildman–Crippen LogP) is -1.68. The summed E-state index contributed by atoms with van der Waals surface area (Å²) < 4.78 is 19.8. The monoisotopic (exact) mass is 744 g/mol. The largest absolute Gasteiger partial charge is 0.477 e. The van der Waals surface area contributed by atoms with Gasteiger partial charge in [-0.25, -0.2) is 14.0 Å². The van der Waals surface area contributed by atoms with Gasteiger partial charge >= 0.3 is 17.8 Å². The Morgan fingerprint density at radius 3 is 2.23 bits per heavy atom. The molecule has 18 nitrogen and oxygen atoms in total. The number of amides is 5. The normalized spacial score (nSPS) is 23.9. The molecule has 13 N–H and O–H groups in total. The van der Waals surface area contributed by atoms with Gasteiger partial charge in [-0.05, 0) is 42.9 Å². The first-order valence-electron chi connectivity index (χ1n) is 17.2. The molecule has 1 fully saturated rings. The van der Waals surface area contributed by atoms with Gasteiger partial charge in [-0.15, -0.1) is 0 Å². The number of aliphatic hydroxyl groups excluding tert-OH is 4. The fraction of sp³-hybridized carbons (Fsp3) is 0.667. The average Bonchev–Trinajstić information content (AvgIpc) is 3.09. The summed E-state index contributed by atoms with van der Waals surface area (Å²) in [6.45, 7) is 4.51. The Morgan fingerprint density at radius 1 is 1.02 bits per heavy atom. The summed E-state index contributed by atoms with van der Waals surface area (Å²) in [5.41, 5.74) is 5.90. The first kappa shape index (κ1) is 44.2. The van der Waals surface area contributed by atoms with Crippen LogP contribution in [0.3, 0.4) is 0 Å². The van der Waals surface area contributed by atoms with E-state index in [-0.39, 0.29) is 44.2 Å². The molecule has 0 saturated carbocycles. The fourth-order valence-corrected chi connectivity index (χ4v) is 5.50. The van der Waals surface area contributed by atoms with Crippen molar-refractivity contribution >= 4 is 35.4 Å². The number of nitrogens with two attached hydrogens (primary N) is 1. The van der Waals surface area contributed by atoms with Crippen LogP contribution < -0.4 is 32.3 Å². The molecule has 3 unspecified atom stereocenters. The Morgan fingerprint density at radius 2 is 1.67 bits per heavy atom. The Kier molecular flexibility index (Phi) is 17.8. The second-order valence-electron chi connectivity index (χ2n) is 13.1. The number of carboxylic acid groups (broad SMARTS) is 1. The lowest BCUT2D eigenvalue weighted by atomic mass is 9.87. The highest BCUT2D eigenvalue weighted by Gasteiger charge is 2.60. The molecule has 52 heavy (non-hydrogen) atoms. The lowest BCUT2D eigenvalue weighted by Gasteiger charge is -2.46. The maximum Gasteiger partial charge on any atom is 0.367 e. The second kappa shape index (κ2) is 20.9. The predicted molar refractivity (Wildman–Crippen MR) is 183 cm³/mol. The summed E-state index contributed by atoms with van der Waals surface area (Å²) in [5, 5.41) is 73.0. The minimum Gasteiger partial charge on any atom is -0.477 e. The number of hydrogen-bond donors (Lipinski definition) is 12. The third-order valence-electron chi connectivity index (χ3n) is 8.57. The van der Waals surface area contributed by atoms with E-state index in [1.807, 2.05) is 6.92 Å². The Balaban J connectivity index is 2.16. The zero-order valence-corrected chi connectivity index (χ0v) is 29.5. The van der Waals surface area contributed by atoms with E-state index in [1.165, 1.54) is 24.3 Å². The molecule has 1 aliphatic heterocycles. The molecule has 9 atom stereocenters. The standard InChI is InChI=1S/C33H53FN6O12/c1-4-5-6-9-22(43)40-23(17(2)3)30(47)39-20(8-7-14-36-32(35)50)29(46)38-19-12-10-18(11-13-19)15-37-24-26(45)28(34)33(51,31(48)49)52-27(24)25(44)21(42)16-41/h10-13,17,20-21,23-28,37,41-42,44-45,51H,4-9,14-16H2,1-3H3,(H,38,46)(H,39,47)(H,40,43)(H,48,49)(H3,35,36,50)/t20?,21-,23?,24-,25-,26-,27-,28-,33?/m1/s1. The van der Waals surface area contributed by atoms with Crippen LogP contribution in [0.25, 0.3) is 0 Å². The van der Waals surface area contributed by atoms with Crippen LogP contribution >= 0.6 is 0 Å². The lowest BCUT2D eigenvalue weighted by molar-refractivity contribution is -0.321. The smallest absolute Gasteiger partial charge is 0.367 e. The van der Waals surface area contributed by atoms with Crippen LogP contribution in [-0.2, 0) is 30.5 Å². The van der Waals surface area contributed by atoms with Crippen molar-refractivity contribution in [3.05, 3.63) is 29.8 Å². The molecule has 0 spiro atoms. The maximum atomic E-state index is 14.9. The number of aliphatic hydroxyl groups is 5. The molecule has 1 saturated heterocycles. The quantitative estimate of drug-likeness (QED) is 0.0627. The van der Waals surface area contributed by atoms with Crippen LogP contribution in [0.4, 0.5) is 14.9 Å². The number of halogens is 1. The van der Waals surface area contributed by atoms with Gasteiger partial charge in [0.15, 0.2) is 6.17 Å². The number of alkyl halides is 1. The highest BCUT2D eigenvalue weighted by Crippen LogP contribution is 2.33. The van der Waals surface area contributed by atoms with Gasteiger partial charge in [-0.2, -0.15) is 0 Å². The van der Waals surface area contributed by atoms with Gasteiger partial charge in [-0.3, -0.25) is 14.4 Å². The SMILES string of the molecule is CCCCCC(=O)NC(C(=O)NC(CCCNC(N)=O)C(=O)Nc1ccc(CN[C@@H]2[C@@H](O)[C@@H](F)C(O)(C(=O)O)O[C@H]2[C@H](O)[C@H](O)CO)cc1)C(C)C. The van der Waals surface area contributed by atoms with Gasteiger partial charge in [0.2, 0.25) is 17.7 Å². The van der Waals surface area contributed by atoms with Crippen molar-refractivity contribution in [2.75, 3.05) is 18.5 Å². The zero-order valence-electron chi connectivity index (χ0n) is 29.5. The van der Waals surface area contributed by atoms with Crippen molar-refractivity contribution in [3.63, 3.8) is 0 Å². The van der Waals surface area contributed by atoms with Crippen molar-refractivity contribution < 1.29 is 63.7 Å². The van der Waals surface area contributed by atoms with E-state index in [9.17, 15) is 59.0 Å². The van der Waals surface area contributed by atoms with Crippen molar-refractivity contribution in [1.82, 2.24) is 21.3 Å². The molecule has 1 aromatic carbocycles. The number of carbonyl (C=O) groups is 5. The average molecular weight is 745 g/mol. The van der Waals surface area contributed by atoms with E-state index in [1.54, 1.807) is 13.8 Å². The van der Waals surface area contributed by atoms with Crippen molar-refractivity contribution in [1.29, 1.82) is 0 Å². The van der Waals surface area contributed by atoms with Gasteiger partial charge in [-0.1, -0.05) is 45.7 Å². The van der Waals surface area contributed by atoms with E-state index in [0.29, 0.717) is 17.7 Å². The highest BCUT2D eigenvalue weighted by molar-refractivity contribution is 5.98. The number of hydrogen-bond acceptors (Lipinski definition) is 12. The number of aliphatic carboxylic acids is 1. The minimum atomic E-state index is -3.55. The summed E-state index contributed by atoms with van der Waals surface area (Å²) in [6.07, 6.45) is -7.85. The first-order chi connectivity index (χ1) is 24.5. The van der Waals surface area contributed by atoms with Crippen LogP contribution in [0, 0.1) is 5.92 Å². The topological polar surface area (TPSA) is 302 Å². The molecule has 0 aliphatic carbocycles. The molecule has 0 radical (unpaired) electrons. The van der Waals surface area contributed by atoms with Gasteiger partial charge in [0, 0.05) is 25.2 Å². The molecular formula is C33H53FN6O12. The number of benzene rings is 1. The second-order valence-corrected chi connectivity index (χ2v) is 13.1. The summed E-state index contributed by atoms with van der Waals surface area (Å²) in [7, 11) is 0. The molecule has 1 aromatic rings. The Labute approximate surface area is 300 Å². The maximum absolute atomic E-state index is 14.9. The van der Waals surface area contributed by atoms with Crippen molar-refractivity contribution in [3.8, 4) is 0 Å². The summed E-state index contributed by atoms with van der Waals surface area (Å²) in [4.78, 5) is 61.8. The van der Waals surface area contributed by atoms with Gasteiger partial charge in [0.1, 0.15) is 36.5 Å². The van der Waals surface area contributed by atoms with Gasteiger partial charge in [0.05, 0.1) is 12.6 Å². The number of primary amides is 1. The number of ether oxygens (including phenoxy) is 1. The van der Waals surface area contributed by atoms with Crippen molar-refractivity contribution in [2.45, 2.75) is 120 Å². The summed E-state index contributed by atoms with van der Waals surface area (Å²) in [5.74, 6) is -7.48. The molecule has 5 amide bonds. The van der Waals surface area contributed by atoms with Crippen LogP contribution in [0.15, 0.2) is 24.3 Å². The van der Waals surface area contributed by atoms with E-state index < -0.39 is 84.9 Å². The number of urea groups is 1. The molecule has 1 heterocycles. The van der Waals surface area contributed by atoms with Crippen LogP contribution in [0.2, 0.25) is 0 Å². The van der Waals surface area contributed by atoms with E-state index in [4.69, 9.17) is 10.5 Å². The third kappa shape index (κ3) is 12.6. The third-order valence-corrected chi connectivity index (χ3v) is 8.57. The van der Waals surface area contributed by atoms with Crippen LogP contribution in [0.5, 0.6) is 0 Å². The zero-order chi connectivity index (χ0) is 39.2. The van der Waals surface area contributed by atoms with Crippen molar-refractivity contribution in [2.24, 2.45) is 11.7 Å². The number of nitrogens with one attached hydrogen (secondary N) is 5. The van der Waals surface area contributed by atoms with Crippen LogP contribution in [-0.4, -0.2) is 128 Å². The van der Waals surface area contributed by atoms with E-state index in [2.05, 4.69) is 26.6 Å². The first-order valence-corrected chi connectivity index (χ1v) is 17.2. The number of carbonyl (C=O) groups excluding carboxylic acids is 4. The van der Waals surface area contributed by atoms with Gasteiger partial charge in [0.25, 0.3) is 0 Å².